The van der Waals surface area contributed by atoms with Crippen LogP contribution in [0.4, 0.5) is 33.6 Å². The molecule has 1 aliphatic heterocycles. The van der Waals surface area contributed by atoms with Crippen molar-refractivity contribution < 1.29 is 17.9 Å². The van der Waals surface area contributed by atoms with Crippen LogP contribution < -0.4 is 25.6 Å². The second kappa shape index (κ2) is 12.4. The molecule has 39 heavy (non-hydrogen) atoms. The van der Waals surface area contributed by atoms with Gasteiger partial charge in [-0.3, -0.25) is 0 Å². The van der Waals surface area contributed by atoms with Gasteiger partial charge >= 0.3 is 6.03 Å². The van der Waals surface area contributed by atoms with Crippen LogP contribution in [0.25, 0.3) is 0 Å². The molecule has 11 nitrogen and oxygen atoms in total. The number of hydrogen-bond acceptors (Lipinski definition) is 9. The lowest BCUT2D eigenvalue weighted by atomic mass is 10.2. The molecule has 0 bridgehead atoms. The van der Waals surface area contributed by atoms with Gasteiger partial charge in [-0.1, -0.05) is 30.7 Å². The molecule has 3 N–H and O–H groups in total. The maximum atomic E-state index is 12.8. The maximum absolute atomic E-state index is 12.8. The third-order valence-corrected chi connectivity index (χ3v) is 8.52. The van der Waals surface area contributed by atoms with E-state index in [4.69, 9.17) is 16.3 Å². The summed E-state index contributed by atoms with van der Waals surface area (Å²) in [6.07, 6.45) is 1.95. The SMILES string of the molecule is CCCS(=O)(=O)c1ccccc1Nc1nc(Nc2ccc(N3CCN(C(=O)NC)CC3)cc2OC)ncc1Cl. The average Bonchev–Trinajstić information content (AvgIpc) is 2.95. The molecule has 1 saturated heterocycles. The summed E-state index contributed by atoms with van der Waals surface area (Å²) in [6.45, 7) is 4.47. The van der Waals surface area contributed by atoms with E-state index in [0.717, 1.165) is 5.69 Å². The van der Waals surface area contributed by atoms with E-state index >= 15 is 0 Å². The number of para-hydroxylation sites is 1. The Morgan fingerprint density at radius 2 is 1.82 bits per heavy atom. The lowest BCUT2D eigenvalue weighted by molar-refractivity contribution is 0.196. The molecule has 2 amide bonds. The van der Waals surface area contributed by atoms with Crippen LogP contribution in [0, 0.1) is 0 Å². The number of ether oxygens (including phenoxy) is 1. The fourth-order valence-corrected chi connectivity index (χ4v) is 5.92. The van der Waals surface area contributed by atoms with E-state index in [-0.39, 0.29) is 33.5 Å². The molecule has 3 aromatic rings. The van der Waals surface area contributed by atoms with E-state index in [1.165, 1.54) is 6.20 Å². The summed E-state index contributed by atoms with van der Waals surface area (Å²) < 4.78 is 31.1. The van der Waals surface area contributed by atoms with E-state index in [9.17, 15) is 13.2 Å². The van der Waals surface area contributed by atoms with E-state index in [2.05, 4.69) is 30.8 Å². The summed E-state index contributed by atoms with van der Waals surface area (Å²) in [7, 11) is -0.260. The Morgan fingerprint density at radius 3 is 2.51 bits per heavy atom. The lowest BCUT2D eigenvalue weighted by Gasteiger charge is -2.36. The highest BCUT2D eigenvalue weighted by Gasteiger charge is 2.22. The molecule has 0 unspecified atom stereocenters. The number of sulfone groups is 1. The number of hydrogen-bond donors (Lipinski definition) is 3. The largest absolute Gasteiger partial charge is 0.494 e. The third-order valence-electron chi connectivity index (χ3n) is 6.27. The van der Waals surface area contributed by atoms with E-state index in [0.29, 0.717) is 49.7 Å². The predicted molar refractivity (Wildman–Crippen MR) is 154 cm³/mol. The molecule has 13 heteroatoms. The maximum Gasteiger partial charge on any atom is 0.317 e. The van der Waals surface area contributed by atoms with Crippen molar-refractivity contribution in [3.63, 3.8) is 0 Å². The van der Waals surface area contributed by atoms with Crippen molar-refractivity contribution >= 4 is 56.3 Å². The minimum atomic E-state index is -3.47. The van der Waals surface area contributed by atoms with Crippen LogP contribution >= 0.6 is 11.6 Å². The first kappa shape index (κ1) is 28.2. The fraction of sp³-hybridized carbons (Fsp3) is 0.346. The first-order valence-corrected chi connectivity index (χ1v) is 14.6. The Balaban J connectivity index is 1.52. The van der Waals surface area contributed by atoms with Crippen LogP contribution in [0.2, 0.25) is 5.02 Å². The van der Waals surface area contributed by atoms with Gasteiger partial charge in [-0.15, -0.1) is 0 Å². The third kappa shape index (κ3) is 6.63. The normalized spacial score (nSPS) is 13.6. The molecule has 0 spiro atoms. The van der Waals surface area contributed by atoms with Crippen molar-refractivity contribution in [2.24, 2.45) is 0 Å². The summed E-state index contributed by atoms with van der Waals surface area (Å²) in [5.74, 6) is 1.14. The Morgan fingerprint density at radius 1 is 1.08 bits per heavy atom. The second-order valence-corrected chi connectivity index (χ2v) is 11.4. The Bertz CT molecular complexity index is 1430. The minimum absolute atomic E-state index is 0.0373. The number of aromatic nitrogens is 2. The number of amides is 2. The molecule has 0 atom stereocenters. The first-order chi connectivity index (χ1) is 18.7. The number of methoxy groups -OCH3 is 1. The summed E-state index contributed by atoms with van der Waals surface area (Å²) in [5, 5.41) is 9.11. The molecule has 2 aromatic carbocycles. The van der Waals surface area contributed by atoms with E-state index in [1.807, 2.05) is 25.1 Å². The number of urea groups is 1. The van der Waals surface area contributed by atoms with Gasteiger partial charge < -0.3 is 30.5 Å². The molecule has 0 saturated carbocycles. The highest BCUT2D eigenvalue weighted by Crippen LogP contribution is 2.33. The lowest BCUT2D eigenvalue weighted by Crippen LogP contribution is -2.51. The minimum Gasteiger partial charge on any atom is -0.494 e. The number of nitrogens with one attached hydrogen (secondary N) is 3. The molecule has 1 aromatic heterocycles. The molecule has 208 valence electrons. The van der Waals surface area contributed by atoms with Crippen molar-refractivity contribution in [3.05, 3.63) is 53.7 Å². The van der Waals surface area contributed by atoms with Crippen LogP contribution in [0.5, 0.6) is 5.75 Å². The predicted octanol–water partition coefficient (Wildman–Crippen LogP) is 4.27. The molecular formula is C26H32ClN7O4S. The van der Waals surface area contributed by atoms with Crippen LogP contribution in [-0.4, -0.2) is 75.4 Å². The van der Waals surface area contributed by atoms with Gasteiger partial charge in [-0.25, -0.2) is 18.2 Å². The van der Waals surface area contributed by atoms with E-state index < -0.39 is 9.84 Å². The summed E-state index contributed by atoms with van der Waals surface area (Å²) in [5.41, 5.74) is 2.00. The van der Waals surface area contributed by atoms with Crippen LogP contribution in [0.3, 0.4) is 0 Å². The zero-order valence-electron chi connectivity index (χ0n) is 22.1. The van der Waals surface area contributed by atoms with Gasteiger partial charge in [-0.2, -0.15) is 4.98 Å². The zero-order chi connectivity index (χ0) is 28.0. The van der Waals surface area contributed by atoms with Gasteiger partial charge in [0.2, 0.25) is 5.95 Å². The standard InChI is InChI=1S/C26H32ClN7O4S/c1-4-15-39(36,37)23-8-6-5-7-21(23)30-24-19(27)17-29-25(32-24)31-20-10-9-18(16-22(20)38-3)33-11-13-34(14-12-33)26(35)28-2/h5-10,16-17H,4,11-15H2,1-3H3,(H,28,35)(H2,29,30,31,32). The number of nitrogens with zero attached hydrogens (tertiary/aromatic N) is 4. The number of piperazine rings is 1. The van der Waals surface area contributed by atoms with Crippen molar-refractivity contribution in [2.45, 2.75) is 18.2 Å². The summed E-state index contributed by atoms with van der Waals surface area (Å²) in [4.78, 5) is 24.8. The van der Waals surface area contributed by atoms with Gasteiger partial charge in [0.1, 0.15) is 10.8 Å². The quantitative estimate of drug-likeness (QED) is 0.343. The Hall–Kier alpha value is -3.77. The monoisotopic (exact) mass is 573 g/mol. The van der Waals surface area contributed by atoms with Crippen LogP contribution in [0.15, 0.2) is 53.6 Å². The van der Waals surface area contributed by atoms with Crippen LogP contribution in [-0.2, 0) is 9.84 Å². The second-order valence-electron chi connectivity index (χ2n) is 8.87. The molecule has 4 rings (SSSR count). The summed E-state index contributed by atoms with van der Waals surface area (Å²) in [6, 6.07) is 12.3. The molecule has 0 aliphatic carbocycles. The number of anilines is 5. The van der Waals surface area contributed by atoms with Gasteiger partial charge in [-0.05, 0) is 30.7 Å². The van der Waals surface area contributed by atoms with Crippen molar-refractivity contribution in [1.29, 1.82) is 0 Å². The number of rotatable bonds is 9. The van der Waals surface area contributed by atoms with Gasteiger partial charge in [0.05, 0.1) is 35.3 Å². The van der Waals surface area contributed by atoms with Crippen molar-refractivity contribution in [3.8, 4) is 5.75 Å². The average molecular weight is 574 g/mol. The molecule has 2 heterocycles. The van der Waals surface area contributed by atoms with Gasteiger partial charge in [0.25, 0.3) is 0 Å². The highest BCUT2D eigenvalue weighted by molar-refractivity contribution is 7.91. The van der Waals surface area contributed by atoms with Gasteiger partial charge in [0.15, 0.2) is 15.7 Å². The number of carbonyl (C=O) groups excluding carboxylic acids is 1. The molecule has 1 aliphatic rings. The molecule has 1 fully saturated rings. The first-order valence-electron chi connectivity index (χ1n) is 12.5. The van der Waals surface area contributed by atoms with Crippen LogP contribution in [0.1, 0.15) is 13.3 Å². The Labute approximate surface area is 233 Å². The number of halogens is 1. The Kier molecular flexibility index (Phi) is 8.97. The molecule has 0 radical (unpaired) electrons. The van der Waals surface area contributed by atoms with E-state index in [1.54, 1.807) is 43.3 Å². The topological polar surface area (TPSA) is 129 Å². The number of carbonyl (C=O) groups is 1. The van der Waals surface area contributed by atoms with Gasteiger partial charge in [0, 0.05) is 45.0 Å². The van der Waals surface area contributed by atoms with Crippen molar-refractivity contribution in [1.82, 2.24) is 20.2 Å². The zero-order valence-corrected chi connectivity index (χ0v) is 23.6. The highest BCUT2D eigenvalue weighted by atomic mass is 35.5. The van der Waals surface area contributed by atoms with Crippen molar-refractivity contribution in [2.75, 3.05) is 61.6 Å². The summed E-state index contributed by atoms with van der Waals surface area (Å²) >= 11 is 6.36. The fourth-order valence-electron chi connectivity index (χ4n) is 4.29. The smallest absolute Gasteiger partial charge is 0.317 e. The molecular weight excluding hydrogens is 542 g/mol. The number of benzene rings is 2.